The molecule has 1 heterocycles. The van der Waals surface area contributed by atoms with Gasteiger partial charge in [-0.05, 0) is 41.1 Å². The van der Waals surface area contributed by atoms with Crippen LogP contribution in [0.4, 0.5) is 5.69 Å². The van der Waals surface area contributed by atoms with Crippen molar-refractivity contribution in [2.75, 3.05) is 25.5 Å². The van der Waals surface area contributed by atoms with E-state index >= 15 is 0 Å². The molecular formula is C11H15BrN2O3S. The highest BCUT2D eigenvalue weighted by Gasteiger charge is 2.31. The zero-order valence-electron chi connectivity index (χ0n) is 9.97. The fourth-order valence-corrected chi connectivity index (χ4v) is 4.03. The highest BCUT2D eigenvalue weighted by atomic mass is 79.9. The van der Waals surface area contributed by atoms with Gasteiger partial charge in [0.05, 0.1) is 18.1 Å². The first-order valence-electron chi connectivity index (χ1n) is 5.57. The minimum absolute atomic E-state index is 0.153. The Morgan fingerprint density at radius 1 is 1.50 bits per heavy atom. The Bertz CT molecular complexity index is 547. The second-order valence-electron chi connectivity index (χ2n) is 4.22. The number of halogens is 1. The molecule has 1 aromatic carbocycles. The minimum atomic E-state index is -3.48. The average molecular weight is 335 g/mol. The van der Waals surface area contributed by atoms with Crippen LogP contribution in [-0.4, -0.2) is 38.5 Å². The van der Waals surface area contributed by atoms with Gasteiger partial charge in [-0.1, -0.05) is 0 Å². The van der Waals surface area contributed by atoms with Gasteiger partial charge in [0.1, 0.15) is 0 Å². The van der Waals surface area contributed by atoms with Gasteiger partial charge in [0.2, 0.25) is 10.0 Å². The van der Waals surface area contributed by atoms with Crippen molar-refractivity contribution in [1.82, 2.24) is 4.31 Å². The monoisotopic (exact) mass is 334 g/mol. The molecule has 0 saturated carbocycles. The molecule has 100 valence electrons. The molecule has 7 heteroatoms. The maximum Gasteiger partial charge on any atom is 0.243 e. The molecule has 18 heavy (non-hydrogen) atoms. The van der Waals surface area contributed by atoms with Gasteiger partial charge >= 0.3 is 0 Å². The Morgan fingerprint density at radius 3 is 2.83 bits per heavy atom. The summed E-state index contributed by atoms with van der Waals surface area (Å²) in [6.45, 7) is 3.07. The standard InChI is InChI=1S/C11H15BrN2O3S/c1-8-7-17-5-4-14(8)18(15,16)9-2-3-11(13)10(12)6-9/h2-3,6,8H,4-5,7,13H2,1H3. The molecule has 1 aliphatic heterocycles. The molecule has 0 radical (unpaired) electrons. The molecule has 0 aromatic heterocycles. The number of benzene rings is 1. The molecule has 2 N–H and O–H groups in total. The number of rotatable bonds is 2. The van der Waals surface area contributed by atoms with E-state index < -0.39 is 10.0 Å². The first kappa shape index (κ1) is 13.8. The number of hydrogen-bond donors (Lipinski definition) is 1. The second-order valence-corrected chi connectivity index (χ2v) is 6.97. The van der Waals surface area contributed by atoms with Gasteiger partial charge in [-0.25, -0.2) is 8.42 Å². The Labute approximate surface area is 115 Å². The first-order chi connectivity index (χ1) is 8.43. The molecule has 0 spiro atoms. The van der Waals surface area contributed by atoms with Crippen molar-refractivity contribution in [3.8, 4) is 0 Å². The van der Waals surface area contributed by atoms with Crippen molar-refractivity contribution >= 4 is 31.6 Å². The van der Waals surface area contributed by atoms with Gasteiger partial charge < -0.3 is 10.5 Å². The lowest BCUT2D eigenvalue weighted by molar-refractivity contribution is 0.0393. The molecule has 1 saturated heterocycles. The Hall–Kier alpha value is -0.630. The van der Waals surface area contributed by atoms with Crippen LogP contribution in [0.1, 0.15) is 6.92 Å². The highest BCUT2D eigenvalue weighted by molar-refractivity contribution is 9.10. The molecule has 0 amide bonds. The summed E-state index contributed by atoms with van der Waals surface area (Å²) in [7, 11) is -3.48. The molecule has 1 aliphatic rings. The van der Waals surface area contributed by atoms with Crippen molar-refractivity contribution in [2.24, 2.45) is 0 Å². The Morgan fingerprint density at radius 2 is 2.22 bits per heavy atom. The number of ether oxygens (including phenoxy) is 1. The van der Waals surface area contributed by atoms with E-state index in [9.17, 15) is 8.42 Å². The van der Waals surface area contributed by atoms with Crippen LogP contribution >= 0.6 is 15.9 Å². The second kappa shape index (κ2) is 5.16. The summed E-state index contributed by atoms with van der Waals surface area (Å²) in [4.78, 5) is 0.248. The van der Waals surface area contributed by atoms with Crippen LogP contribution in [-0.2, 0) is 14.8 Å². The third-order valence-corrected chi connectivity index (χ3v) is 5.58. The topological polar surface area (TPSA) is 72.6 Å². The summed E-state index contributed by atoms with van der Waals surface area (Å²) in [6, 6.07) is 4.49. The minimum Gasteiger partial charge on any atom is -0.398 e. The van der Waals surface area contributed by atoms with Crippen LogP contribution in [0.15, 0.2) is 27.6 Å². The summed E-state index contributed by atoms with van der Waals surface area (Å²) in [6.07, 6.45) is 0. The van der Waals surface area contributed by atoms with Crippen LogP contribution in [0.25, 0.3) is 0 Å². The Balaban J connectivity index is 2.37. The largest absolute Gasteiger partial charge is 0.398 e. The summed E-state index contributed by atoms with van der Waals surface area (Å²) in [5, 5.41) is 0. The number of nitrogens with zero attached hydrogens (tertiary/aromatic N) is 1. The highest BCUT2D eigenvalue weighted by Crippen LogP contribution is 2.26. The van der Waals surface area contributed by atoms with E-state index in [2.05, 4.69) is 15.9 Å². The summed E-state index contributed by atoms with van der Waals surface area (Å²) in [5.74, 6) is 0. The summed E-state index contributed by atoms with van der Waals surface area (Å²) >= 11 is 3.24. The summed E-state index contributed by atoms with van der Waals surface area (Å²) < 4.78 is 32.2. The van der Waals surface area contributed by atoms with Crippen molar-refractivity contribution in [2.45, 2.75) is 17.9 Å². The number of hydrogen-bond acceptors (Lipinski definition) is 4. The lowest BCUT2D eigenvalue weighted by Crippen LogP contribution is -2.46. The van der Waals surface area contributed by atoms with Crippen LogP contribution < -0.4 is 5.73 Å². The van der Waals surface area contributed by atoms with Gasteiger partial charge in [0.25, 0.3) is 0 Å². The zero-order valence-corrected chi connectivity index (χ0v) is 12.4. The van der Waals surface area contributed by atoms with Gasteiger partial charge in [0.15, 0.2) is 0 Å². The maximum atomic E-state index is 12.5. The van der Waals surface area contributed by atoms with Crippen molar-refractivity contribution in [3.05, 3.63) is 22.7 Å². The van der Waals surface area contributed by atoms with Crippen molar-refractivity contribution < 1.29 is 13.2 Å². The van der Waals surface area contributed by atoms with E-state index in [0.717, 1.165) is 0 Å². The Kier molecular flexibility index (Phi) is 3.96. The lowest BCUT2D eigenvalue weighted by Gasteiger charge is -2.32. The summed E-state index contributed by atoms with van der Waals surface area (Å²) in [5.41, 5.74) is 6.18. The lowest BCUT2D eigenvalue weighted by atomic mass is 10.3. The van der Waals surface area contributed by atoms with Crippen LogP contribution in [0.3, 0.4) is 0 Å². The molecule has 1 aromatic rings. The quantitative estimate of drug-likeness (QED) is 0.830. The number of morpholine rings is 1. The molecule has 1 unspecified atom stereocenters. The van der Waals surface area contributed by atoms with E-state index in [1.807, 2.05) is 6.92 Å². The van der Waals surface area contributed by atoms with Crippen molar-refractivity contribution in [1.29, 1.82) is 0 Å². The van der Waals surface area contributed by atoms with Gasteiger partial charge in [-0.3, -0.25) is 0 Å². The maximum absolute atomic E-state index is 12.5. The zero-order chi connectivity index (χ0) is 13.3. The smallest absolute Gasteiger partial charge is 0.243 e. The fraction of sp³-hybridized carbons (Fsp3) is 0.455. The average Bonchev–Trinajstić information content (AvgIpc) is 2.33. The van der Waals surface area contributed by atoms with E-state index in [1.54, 1.807) is 6.07 Å². The van der Waals surface area contributed by atoms with Gasteiger partial charge in [0, 0.05) is 22.7 Å². The molecular weight excluding hydrogens is 320 g/mol. The first-order valence-corrected chi connectivity index (χ1v) is 7.81. The number of nitrogen functional groups attached to an aromatic ring is 1. The molecule has 5 nitrogen and oxygen atoms in total. The SMILES string of the molecule is CC1COCCN1S(=O)(=O)c1ccc(N)c(Br)c1. The molecule has 0 bridgehead atoms. The number of sulfonamides is 1. The number of anilines is 1. The van der Waals surface area contributed by atoms with Crippen LogP contribution in [0, 0.1) is 0 Å². The molecule has 1 atom stereocenters. The van der Waals surface area contributed by atoms with Gasteiger partial charge in [-0.15, -0.1) is 0 Å². The van der Waals surface area contributed by atoms with E-state index in [0.29, 0.717) is 29.9 Å². The molecule has 0 aliphatic carbocycles. The predicted molar refractivity (Wildman–Crippen MR) is 72.7 cm³/mol. The van der Waals surface area contributed by atoms with E-state index in [1.165, 1.54) is 16.4 Å². The third kappa shape index (κ3) is 2.54. The number of nitrogens with two attached hydrogens (primary N) is 1. The molecule has 1 fully saturated rings. The predicted octanol–water partition coefficient (Wildman–Crippen LogP) is 1.44. The fourth-order valence-electron chi connectivity index (χ4n) is 1.87. The van der Waals surface area contributed by atoms with Crippen LogP contribution in [0.5, 0.6) is 0 Å². The van der Waals surface area contributed by atoms with Crippen molar-refractivity contribution in [3.63, 3.8) is 0 Å². The normalized spacial score (nSPS) is 22.0. The van der Waals surface area contributed by atoms with Gasteiger partial charge in [-0.2, -0.15) is 4.31 Å². The van der Waals surface area contributed by atoms with E-state index in [-0.39, 0.29) is 10.9 Å². The van der Waals surface area contributed by atoms with E-state index in [4.69, 9.17) is 10.5 Å². The third-order valence-electron chi connectivity index (χ3n) is 2.89. The molecule has 2 rings (SSSR count). The van der Waals surface area contributed by atoms with Crippen LogP contribution in [0.2, 0.25) is 0 Å².